The second-order valence-corrected chi connectivity index (χ2v) is 5.24. The van der Waals surface area contributed by atoms with Gasteiger partial charge in [0.05, 0.1) is 25.9 Å². The maximum absolute atomic E-state index is 13.4. The minimum Gasteiger partial charge on any atom is -0.376 e. The van der Waals surface area contributed by atoms with Gasteiger partial charge in [-0.1, -0.05) is 12.1 Å². The van der Waals surface area contributed by atoms with Crippen molar-refractivity contribution < 1.29 is 18.7 Å². The molecule has 0 spiro atoms. The molecule has 2 heterocycles. The average molecular weight is 294 g/mol. The second kappa shape index (κ2) is 6.51. The largest absolute Gasteiger partial charge is 0.376 e. The number of carbonyl (C=O) groups excluding carboxylic acids is 1. The summed E-state index contributed by atoms with van der Waals surface area (Å²) in [6.07, 6.45) is -0.548. The van der Waals surface area contributed by atoms with Crippen LogP contribution in [0, 0.1) is 5.82 Å². The fraction of sp³-hybridized carbons (Fsp3) is 0.533. The van der Waals surface area contributed by atoms with Gasteiger partial charge in [0.15, 0.2) is 6.10 Å². The van der Waals surface area contributed by atoms with E-state index in [-0.39, 0.29) is 17.8 Å². The van der Waals surface area contributed by atoms with Gasteiger partial charge in [0.1, 0.15) is 5.82 Å². The quantitative estimate of drug-likeness (QED) is 0.873. The van der Waals surface area contributed by atoms with Gasteiger partial charge in [0.25, 0.3) is 5.91 Å². The zero-order valence-electron chi connectivity index (χ0n) is 11.8. The highest BCUT2D eigenvalue weighted by Gasteiger charge is 2.34. The molecule has 2 unspecified atom stereocenters. The maximum atomic E-state index is 13.4. The van der Waals surface area contributed by atoms with Gasteiger partial charge in [0, 0.05) is 19.6 Å². The molecule has 0 bridgehead atoms. The molecule has 6 heteroatoms. The molecule has 21 heavy (non-hydrogen) atoms. The first-order valence-corrected chi connectivity index (χ1v) is 7.22. The normalized spacial score (nSPS) is 26.6. The van der Waals surface area contributed by atoms with Crippen molar-refractivity contribution in [1.82, 2.24) is 10.2 Å². The van der Waals surface area contributed by atoms with Gasteiger partial charge in [-0.25, -0.2) is 4.39 Å². The first-order valence-electron chi connectivity index (χ1n) is 7.22. The molecule has 114 valence electrons. The van der Waals surface area contributed by atoms with Gasteiger partial charge in [-0.05, 0) is 17.7 Å². The average Bonchev–Trinajstić information content (AvgIpc) is 2.55. The minimum absolute atomic E-state index is 0.0783. The number of carbonyl (C=O) groups is 1. The van der Waals surface area contributed by atoms with Crippen LogP contribution >= 0.6 is 0 Å². The van der Waals surface area contributed by atoms with Crippen LogP contribution in [0.3, 0.4) is 0 Å². The molecule has 1 aromatic carbocycles. The van der Waals surface area contributed by atoms with Gasteiger partial charge >= 0.3 is 0 Å². The Labute approximate surface area is 123 Å². The number of hydrogen-bond acceptors (Lipinski definition) is 4. The molecule has 0 saturated carbocycles. The van der Waals surface area contributed by atoms with E-state index >= 15 is 0 Å². The van der Waals surface area contributed by atoms with Crippen molar-refractivity contribution in [2.75, 3.05) is 39.5 Å². The molecular weight excluding hydrogens is 275 g/mol. The fourth-order valence-electron chi connectivity index (χ4n) is 2.80. The maximum Gasteiger partial charge on any atom is 0.254 e. The summed E-state index contributed by atoms with van der Waals surface area (Å²) in [6.45, 7) is 3.18. The monoisotopic (exact) mass is 294 g/mol. The van der Waals surface area contributed by atoms with Crippen LogP contribution in [0.25, 0.3) is 0 Å². The van der Waals surface area contributed by atoms with E-state index in [1.165, 1.54) is 12.1 Å². The Morgan fingerprint density at radius 2 is 2.29 bits per heavy atom. The van der Waals surface area contributed by atoms with Crippen LogP contribution in [0.15, 0.2) is 24.3 Å². The van der Waals surface area contributed by atoms with E-state index in [1.807, 2.05) is 6.07 Å². The van der Waals surface area contributed by atoms with Crippen LogP contribution in [0.1, 0.15) is 11.6 Å². The lowest BCUT2D eigenvalue weighted by Gasteiger charge is -2.39. The third-order valence-electron chi connectivity index (χ3n) is 3.85. The van der Waals surface area contributed by atoms with Crippen molar-refractivity contribution in [3.8, 4) is 0 Å². The van der Waals surface area contributed by atoms with Gasteiger partial charge in [0.2, 0.25) is 0 Å². The van der Waals surface area contributed by atoms with Crippen molar-refractivity contribution in [2.24, 2.45) is 0 Å². The molecule has 2 atom stereocenters. The number of benzene rings is 1. The van der Waals surface area contributed by atoms with E-state index in [0.717, 1.165) is 12.1 Å². The van der Waals surface area contributed by atoms with Crippen LogP contribution < -0.4 is 5.32 Å². The van der Waals surface area contributed by atoms with Gasteiger partial charge < -0.3 is 19.7 Å². The Morgan fingerprint density at radius 3 is 3.05 bits per heavy atom. The van der Waals surface area contributed by atoms with Crippen molar-refractivity contribution in [1.29, 1.82) is 0 Å². The smallest absolute Gasteiger partial charge is 0.254 e. The van der Waals surface area contributed by atoms with Gasteiger partial charge in [-0.2, -0.15) is 0 Å². The third kappa shape index (κ3) is 3.23. The number of halogens is 1. The molecule has 1 amide bonds. The predicted molar refractivity (Wildman–Crippen MR) is 74.3 cm³/mol. The van der Waals surface area contributed by atoms with Gasteiger partial charge in [-0.15, -0.1) is 0 Å². The fourth-order valence-corrected chi connectivity index (χ4v) is 2.80. The molecule has 3 rings (SSSR count). The lowest BCUT2D eigenvalue weighted by atomic mass is 10.0. The number of nitrogens with zero attached hydrogens (tertiary/aromatic N) is 1. The second-order valence-electron chi connectivity index (χ2n) is 5.24. The number of ether oxygens (including phenoxy) is 2. The molecule has 1 N–H and O–H groups in total. The highest BCUT2D eigenvalue weighted by Crippen LogP contribution is 2.24. The number of hydrogen-bond donors (Lipinski definition) is 1. The number of rotatable bonds is 2. The van der Waals surface area contributed by atoms with Crippen LogP contribution in [0.5, 0.6) is 0 Å². The van der Waals surface area contributed by atoms with Crippen molar-refractivity contribution in [3.05, 3.63) is 35.6 Å². The zero-order valence-corrected chi connectivity index (χ0v) is 11.8. The summed E-state index contributed by atoms with van der Waals surface area (Å²) in [5.74, 6) is -0.367. The summed E-state index contributed by atoms with van der Waals surface area (Å²) in [5, 5.41) is 3.25. The number of amides is 1. The molecule has 2 aliphatic heterocycles. The summed E-state index contributed by atoms with van der Waals surface area (Å²) in [5.41, 5.74) is 0.798. The third-order valence-corrected chi connectivity index (χ3v) is 3.85. The van der Waals surface area contributed by atoms with E-state index in [4.69, 9.17) is 9.47 Å². The van der Waals surface area contributed by atoms with Crippen LogP contribution in [0.4, 0.5) is 4.39 Å². The summed E-state index contributed by atoms with van der Waals surface area (Å²) >= 11 is 0. The molecule has 2 aliphatic rings. The Bertz CT molecular complexity index is 505. The van der Waals surface area contributed by atoms with Crippen molar-refractivity contribution >= 4 is 5.91 Å². The van der Waals surface area contributed by atoms with E-state index < -0.39 is 6.10 Å². The van der Waals surface area contributed by atoms with E-state index in [9.17, 15) is 9.18 Å². The lowest BCUT2D eigenvalue weighted by Crippen LogP contribution is -2.53. The Balaban J connectivity index is 1.79. The molecule has 0 aliphatic carbocycles. The zero-order chi connectivity index (χ0) is 14.7. The molecule has 2 fully saturated rings. The summed E-state index contributed by atoms with van der Waals surface area (Å²) in [6, 6.07) is 6.23. The standard InChI is InChI=1S/C15H19FN2O3/c16-12-3-1-2-11(8-12)13-9-17-4-5-18(13)15(19)14-10-20-6-7-21-14/h1-3,8,13-14,17H,4-7,9-10H2. The topological polar surface area (TPSA) is 50.8 Å². The molecule has 1 aromatic rings. The van der Waals surface area contributed by atoms with Crippen molar-refractivity contribution in [3.63, 3.8) is 0 Å². The first-order chi connectivity index (χ1) is 10.3. The highest BCUT2D eigenvalue weighted by atomic mass is 19.1. The van der Waals surface area contributed by atoms with E-state index in [1.54, 1.807) is 11.0 Å². The van der Waals surface area contributed by atoms with Crippen LogP contribution in [-0.4, -0.2) is 56.4 Å². The van der Waals surface area contributed by atoms with Crippen LogP contribution in [-0.2, 0) is 14.3 Å². The number of nitrogens with one attached hydrogen (secondary N) is 1. The lowest BCUT2D eigenvalue weighted by molar-refractivity contribution is -0.161. The highest BCUT2D eigenvalue weighted by molar-refractivity contribution is 5.81. The molecule has 0 radical (unpaired) electrons. The Hall–Kier alpha value is -1.50. The first kappa shape index (κ1) is 14.4. The van der Waals surface area contributed by atoms with E-state index in [0.29, 0.717) is 32.9 Å². The minimum atomic E-state index is -0.548. The molecule has 2 saturated heterocycles. The van der Waals surface area contributed by atoms with E-state index in [2.05, 4.69) is 5.32 Å². The molecule has 0 aromatic heterocycles. The van der Waals surface area contributed by atoms with Gasteiger partial charge in [-0.3, -0.25) is 4.79 Å². The summed E-state index contributed by atoms with van der Waals surface area (Å²) < 4.78 is 24.2. The molecular formula is C15H19FN2O3. The Morgan fingerprint density at radius 1 is 1.38 bits per heavy atom. The molecule has 5 nitrogen and oxygen atoms in total. The predicted octanol–water partition coefficient (Wildman–Crippen LogP) is 0.714. The Kier molecular flexibility index (Phi) is 4.48. The summed E-state index contributed by atoms with van der Waals surface area (Å²) in [7, 11) is 0. The SMILES string of the molecule is O=C(C1COCCO1)N1CCNCC1c1cccc(F)c1. The summed E-state index contributed by atoms with van der Waals surface area (Å²) in [4.78, 5) is 14.4. The van der Waals surface area contributed by atoms with Crippen molar-refractivity contribution in [2.45, 2.75) is 12.1 Å². The number of piperazine rings is 1. The van der Waals surface area contributed by atoms with Crippen LogP contribution in [0.2, 0.25) is 0 Å².